The molecule has 6 nitrogen and oxygen atoms in total. The quantitative estimate of drug-likeness (QED) is 0.534. The van der Waals surface area contributed by atoms with Gasteiger partial charge in [0.15, 0.2) is 0 Å². The van der Waals surface area contributed by atoms with Crippen LogP contribution in [0.5, 0.6) is 0 Å². The molecule has 0 aliphatic carbocycles. The van der Waals surface area contributed by atoms with Gasteiger partial charge in [0.05, 0.1) is 17.5 Å². The maximum Gasteiger partial charge on any atom is 0.326 e. The van der Waals surface area contributed by atoms with E-state index in [1.54, 1.807) is 4.57 Å². The van der Waals surface area contributed by atoms with Crippen LogP contribution < -0.4 is 5.69 Å². The van der Waals surface area contributed by atoms with E-state index >= 15 is 0 Å². The maximum absolute atomic E-state index is 12.1. The summed E-state index contributed by atoms with van der Waals surface area (Å²) in [6, 6.07) is 13.7. The van der Waals surface area contributed by atoms with Crippen molar-refractivity contribution in [1.82, 2.24) is 19.7 Å². The summed E-state index contributed by atoms with van der Waals surface area (Å²) in [6.07, 6.45) is 1.46. The van der Waals surface area contributed by atoms with Crippen LogP contribution in [0.25, 0.3) is 22.4 Å². The fraction of sp³-hybridized carbons (Fsp3) is 0.211. The van der Waals surface area contributed by atoms with Gasteiger partial charge in [-0.25, -0.2) is 4.79 Å². The van der Waals surface area contributed by atoms with Gasteiger partial charge in [0.2, 0.25) is 11.7 Å². The SMILES string of the molecule is CCCn1c(=O)[nH]c2cc(-c3noc(Cc4ccccc4Br)n3)ccc21. The minimum Gasteiger partial charge on any atom is -0.339 e. The van der Waals surface area contributed by atoms with Crippen molar-refractivity contribution in [2.45, 2.75) is 26.3 Å². The lowest BCUT2D eigenvalue weighted by Gasteiger charge is -2.01. The van der Waals surface area contributed by atoms with E-state index < -0.39 is 0 Å². The summed E-state index contributed by atoms with van der Waals surface area (Å²) in [5.74, 6) is 1.06. The number of benzene rings is 2. The lowest BCUT2D eigenvalue weighted by molar-refractivity contribution is 0.385. The zero-order chi connectivity index (χ0) is 18.1. The van der Waals surface area contributed by atoms with Gasteiger partial charge in [-0.2, -0.15) is 4.98 Å². The van der Waals surface area contributed by atoms with Crippen molar-refractivity contribution >= 4 is 27.0 Å². The predicted molar refractivity (Wildman–Crippen MR) is 103 cm³/mol. The van der Waals surface area contributed by atoms with Crippen molar-refractivity contribution in [3.05, 3.63) is 68.9 Å². The van der Waals surface area contributed by atoms with E-state index in [9.17, 15) is 4.79 Å². The minimum absolute atomic E-state index is 0.0956. The van der Waals surface area contributed by atoms with Crippen molar-refractivity contribution in [2.75, 3.05) is 0 Å². The molecule has 4 aromatic rings. The Morgan fingerprint density at radius 3 is 2.88 bits per heavy atom. The Morgan fingerprint density at radius 1 is 1.23 bits per heavy atom. The lowest BCUT2D eigenvalue weighted by Crippen LogP contribution is -2.16. The van der Waals surface area contributed by atoms with E-state index in [1.807, 2.05) is 49.4 Å². The molecule has 0 aliphatic heterocycles. The normalized spacial score (nSPS) is 11.3. The highest BCUT2D eigenvalue weighted by Crippen LogP contribution is 2.23. The third-order valence-corrected chi connectivity index (χ3v) is 5.02. The molecule has 0 aliphatic rings. The van der Waals surface area contributed by atoms with E-state index in [1.165, 1.54) is 0 Å². The average Bonchev–Trinajstić information content (AvgIpc) is 3.22. The van der Waals surface area contributed by atoms with E-state index in [0.717, 1.165) is 33.1 Å². The molecule has 1 N–H and O–H groups in total. The van der Waals surface area contributed by atoms with Crippen LogP contribution >= 0.6 is 15.9 Å². The molecule has 2 heterocycles. The van der Waals surface area contributed by atoms with Crippen LogP contribution in [0.4, 0.5) is 0 Å². The summed E-state index contributed by atoms with van der Waals surface area (Å²) in [5, 5.41) is 4.08. The molecule has 0 saturated carbocycles. The first kappa shape index (κ1) is 16.8. The van der Waals surface area contributed by atoms with Gasteiger partial charge in [-0.15, -0.1) is 0 Å². The van der Waals surface area contributed by atoms with E-state index in [2.05, 4.69) is 31.1 Å². The summed E-state index contributed by atoms with van der Waals surface area (Å²) >= 11 is 3.53. The van der Waals surface area contributed by atoms with Gasteiger partial charge < -0.3 is 9.51 Å². The van der Waals surface area contributed by atoms with Crippen LogP contribution in [0.1, 0.15) is 24.8 Å². The number of fused-ring (bicyclic) bond motifs is 1. The summed E-state index contributed by atoms with van der Waals surface area (Å²) in [7, 11) is 0. The second-order valence-corrected chi connectivity index (χ2v) is 6.95. The molecule has 7 heteroatoms. The van der Waals surface area contributed by atoms with Crippen LogP contribution in [-0.4, -0.2) is 19.7 Å². The first-order valence-electron chi connectivity index (χ1n) is 8.44. The maximum atomic E-state index is 12.1. The monoisotopic (exact) mass is 412 g/mol. The number of halogens is 1. The summed E-state index contributed by atoms with van der Waals surface area (Å²) in [6.45, 7) is 2.74. The fourth-order valence-electron chi connectivity index (χ4n) is 3.00. The highest BCUT2D eigenvalue weighted by atomic mass is 79.9. The Hall–Kier alpha value is -2.67. The Balaban J connectivity index is 1.65. The van der Waals surface area contributed by atoms with Gasteiger partial charge >= 0.3 is 5.69 Å². The molecule has 0 bridgehead atoms. The van der Waals surface area contributed by atoms with Gasteiger partial charge in [-0.3, -0.25) is 4.57 Å². The predicted octanol–water partition coefficient (Wildman–Crippen LogP) is 4.14. The highest BCUT2D eigenvalue weighted by molar-refractivity contribution is 9.10. The van der Waals surface area contributed by atoms with Gasteiger partial charge in [-0.05, 0) is 36.2 Å². The van der Waals surface area contributed by atoms with Crippen LogP contribution in [-0.2, 0) is 13.0 Å². The zero-order valence-corrected chi connectivity index (χ0v) is 15.8. The second-order valence-electron chi connectivity index (χ2n) is 6.09. The molecule has 0 atom stereocenters. The smallest absolute Gasteiger partial charge is 0.326 e. The van der Waals surface area contributed by atoms with Crippen molar-refractivity contribution < 1.29 is 4.52 Å². The molecule has 2 aromatic carbocycles. The Labute approximate surface area is 158 Å². The first-order chi connectivity index (χ1) is 12.7. The number of nitrogens with zero attached hydrogens (tertiary/aromatic N) is 3. The van der Waals surface area contributed by atoms with E-state index in [-0.39, 0.29) is 5.69 Å². The number of H-pyrrole nitrogens is 1. The second kappa shape index (κ2) is 6.92. The van der Waals surface area contributed by atoms with Crippen LogP contribution in [0.2, 0.25) is 0 Å². The lowest BCUT2D eigenvalue weighted by atomic mass is 10.1. The van der Waals surface area contributed by atoms with Crippen molar-refractivity contribution in [2.24, 2.45) is 0 Å². The van der Waals surface area contributed by atoms with E-state index in [4.69, 9.17) is 4.52 Å². The molecule has 0 spiro atoms. The fourth-order valence-corrected chi connectivity index (χ4v) is 3.42. The number of aryl methyl sites for hydroxylation is 1. The van der Waals surface area contributed by atoms with Crippen LogP contribution in [0, 0.1) is 0 Å². The standard InChI is InChI=1S/C19H17BrN4O2/c1-2-9-24-16-8-7-13(10-15(16)21-19(24)25)18-22-17(26-23-18)11-12-5-3-4-6-14(12)20/h3-8,10H,2,9,11H2,1H3,(H,21,25). The molecule has 0 radical (unpaired) electrons. The van der Waals surface area contributed by atoms with Crippen molar-refractivity contribution in [3.8, 4) is 11.4 Å². The molecular formula is C19H17BrN4O2. The van der Waals surface area contributed by atoms with Crippen molar-refractivity contribution in [3.63, 3.8) is 0 Å². The first-order valence-corrected chi connectivity index (χ1v) is 9.24. The van der Waals surface area contributed by atoms with Gasteiger partial charge in [0.25, 0.3) is 0 Å². The van der Waals surface area contributed by atoms with Crippen LogP contribution in [0.3, 0.4) is 0 Å². The van der Waals surface area contributed by atoms with Crippen molar-refractivity contribution in [1.29, 1.82) is 0 Å². The molecule has 26 heavy (non-hydrogen) atoms. The van der Waals surface area contributed by atoms with Gasteiger partial charge in [0.1, 0.15) is 0 Å². The topological polar surface area (TPSA) is 76.7 Å². The molecular weight excluding hydrogens is 396 g/mol. The summed E-state index contributed by atoms with van der Waals surface area (Å²) in [4.78, 5) is 19.5. The third kappa shape index (κ3) is 3.10. The number of imidazole rings is 1. The molecule has 132 valence electrons. The highest BCUT2D eigenvalue weighted by Gasteiger charge is 2.13. The summed E-state index contributed by atoms with van der Waals surface area (Å²) < 4.78 is 8.15. The van der Waals surface area contributed by atoms with Gasteiger partial charge in [-0.1, -0.05) is 46.2 Å². The van der Waals surface area contributed by atoms with Gasteiger partial charge in [0, 0.05) is 16.6 Å². The van der Waals surface area contributed by atoms with E-state index in [0.29, 0.717) is 24.7 Å². The molecule has 0 fully saturated rings. The Kier molecular flexibility index (Phi) is 4.46. The molecule has 0 saturated heterocycles. The minimum atomic E-state index is -0.0956. The number of aromatic nitrogens is 4. The molecule has 0 unspecified atom stereocenters. The number of rotatable bonds is 5. The molecule has 2 aromatic heterocycles. The average molecular weight is 413 g/mol. The number of aromatic amines is 1. The van der Waals surface area contributed by atoms with Crippen LogP contribution in [0.15, 0.2) is 56.3 Å². The molecule has 4 rings (SSSR count). The Morgan fingerprint density at radius 2 is 2.08 bits per heavy atom. The Bertz CT molecular complexity index is 1130. The summed E-state index contributed by atoms with van der Waals surface area (Å²) in [5.41, 5.74) is 3.46. The molecule has 0 amide bonds. The number of hydrogen-bond donors (Lipinski definition) is 1. The third-order valence-electron chi connectivity index (χ3n) is 4.25. The number of nitrogens with one attached hydrogen (secondary N) is 1. The number of hydrogen-bond acceptors (Lipinski definition) is 4. The largest absolute Gasteiger partial charge is 0.339 e. The zero-order valence-electron chi connectivity index (χ0n) is 14.2.